The summed E-state index contributed by atoms with van der Waals surface area (Å²) in [6.07, 6.45) is 8.35. The van der Waals surface area contributed by atoms with E-state index in [0.29, 0.717) is 25.2 Å². The Morgan fingerprint density at radius 2 is 1.77 bits per heavy atom. The third-order valence-electron chi connectivity index (χ3n) is 6.70. The molecule has 1 aliphatic rings. The number of fused-ring (bicyclic) bond motifs is 1. The van der Waals surface area contributed by atoms with Gasteiger partial charge in [-0.3, -0.25) is 9.69 Å². The number of allylic oxidation sites excluding steroid dienone is 2. The van der Waals surface area contributed by atoms with Gasteiger partial charge in [0.2, 0.25) is 0 Å². The third-order valence-corrected chi connectivity index (χ3v) is 6.70. The summed E-state index contributed by atoms with van der Waals surface area (Å²) in [4.78, 5) is 26.8. The van der Waals surface area contributed by atoms with Crippen molar-refractivity contribution in [3.8, 4) is 5.75 Å². The quantitative estimate of drug-likeness (QED) is 0.189. The monoisotopic (exact) mass is 540 g/mol. The van der Waals surface area contributed by atoms with Crippen LogP contribution in [-0.2, 0) is 11.3 Å². The Morgan fingerprint density at radius 1 is 1.02 bits per heavy atom. The molecule has 8 nitrogen and oxygen atoms in total. The molecule has 0 radical (unpaired) electrons. The molecule has 3 aromatic rings. The number of benzene rings is 2. The minimum absolute atomic E-state index is 0.0344. The Bertz CT molecular complexity index is 1320. The predicted octanol–water partition coefficient (Wildman–Crippen LogP) is 4.43. The molecule has 1 saturated heterocycles. The third kappa shape index (κ3) is 8.49. The SMILES string of the molecule is C=C(/C=C\C=C/C(C)Oc1ccccc1)C(=O)N1CCN(Cc2nc(NCCCNC)c3ccccc3n2)CC1. The van der Waals surface area contributed by atoms with Gasteiger partial charge >= 0.3 is 0 Å². The van der Waals surface area contributed by atoms with Crippen molar-refractivity contribution in [1.29, 1.82) is 0 Å². The highest BCUT2D eigenvalue weighted by Crippen LogP contribution is 2.21. The van der Waals surface area contributed by atoms with Crippen molar-refractivity contribution in [2.75, 3.05) is 51.6 Å². The lowest BCUT2D eigenvalue weighted by atomic mass is 10.2. The van der Waals surface area contributed by atoms with E-state index in [1.54, 1.807) is 6.08 Å². The van der Waals surface area contributed by atoms with Crippen molar-refractivity contribution in [3.63, 3.8) is 0 Å². The minimum atomic E-state index is -0.0825. The first-order chi connectivity index (χ1) is 19.5. The Morgan fingerprint density at radius 3 is 2.55 bits per heavy atom. The Balaban J connectivity index is 1.26. The number of para-hydroxylation sites is 2. The molecule has 4 rings (SSSR count). The van der Waals surface area contributed by atoms with E-state index in [1.165, 1.54) is 0 Å². The highest BCUT2D eigenvalue weighted by molar-refractivity contribution is 5.95. The lowest BCUT2D eigenvalue weighted by Gasteiger charge is -2.34. The van der Waals surface area contributed by atoms with Crippen LogP contribution in [0.4, 0.5) is 5.82 Å². The molecule has 1 atom stereocenters. The van der Waals surface area contributed by atoms with E-state index in [0.717, 1.165) is 60.9 Å². The fraction of sp³-hybridized carbons (Fsp3) is 0.344. The molecular weight excluding hydrogens is 500 g/mol. The summed E-state index contributed by atoms with van der Waals surface area (Å²) >= 11 is 0. The summed E-state index contributed by atoms with van der Waals surface area (Å²) in [6.45, 7) is 11.2. The number of rotatable bonds is 13. The van der Waals surface area contributed by atoms with Crippen molar-refractivity contribution < 1.29 is 9.53 Å². The number of carbonyl (C=O) groups is 1. The number of aromatic nitrogens is 2. The summed E-state index contributed by atoms with van der Waals surface area (Å²) < 4.78 is 5.83. The van der Waals surface area contributed by atoms with Gasteiger partial charge in [-0.25, -0.2) is 9.97 Å². The zero-order valence-corrected chi connectivity index (χ0v) is 23.6. The van der Waals surface area contributed by atoms with Crippen molar-refractivity contribution in [2.24, 2.45) is 0 Å². The van der Waals surface area contributed by atoms with Gasteiger partial charge < -0.3 is 20.3 Å². The standard InChI is InChI=1S/C32H40N6O2/c1-25(12-7-8-13-26(2)40-27-14-5-4-6-15-27)32(39)38-22-20-37(21-23-38)24-30-35-29-17-10-9-16-28(29)31(36-30)34-19-11-18-33-3/h4-10,12-17,26,33H,1,11,18-24H2,2-3H3,(H,34,35,36)/b12-7-,13-8-. The molecule has 0 aliphatic carbocycles. The van der Waals surface area contributed by atoms with Crippen molar-refractivity contribution >= 4 is 22.6 Å². The van der Waals surface area contributed by atoms with Crippen LogP contribution < -0.4 is 15.4 Å². The summed E-state index contributed by atoms with van der Waals surface area (Å²) in [5.74, 6) is 2.46. The van der Waals surface area contributed by atoms with Gasteiger partial charge in [0.15, 0.2) is 0 Å². The van der Waals surface area contributed by atoms with E-state index >= 15 is 0 Å². The molecule has 0 saturated carbocycles. The summed E-state index contributed by atoms with van der Waals surface area (Å²) in [5.41, 5.74) is 1.41. The lowest BCUT2D eigenvalue weighted by Crippen LogP contribution is -2.48. The highest BCUT2D eigenvalue weighted by atomic mass is 16.5. The maximum absolute atomic E-state index is 12.9. The van der Waals surface area contributed by atoms with Gasteiger partial charge in [0.05, 0.1) is 12.1 Å². The molecule has 1 unspecified atom stereocenters. The first kappa shape index (κ1) is 29.0. The van der Waals surface area contributed by atoms with Crippen molar-refractivity contribution in [2.45, 2.75) is 26.0 Å². The van der Waals surface area contributed by atoms with E-state index in [4.69, 9.17) is 14.7 Å². The van der Waals surface area contributed by atoms with E-state index in [-0.39, 0.29) is 12.0 Å². The normalized spacial score (nSPS) is 15.1. The number of piperazine rings is 1. The molecule has 0 bridgehead atoms. The maximum atomic E-state index is 12.9. The molecule has 0 spiro atoms. The molecule has 1 aliphatic heterocycles. The first-order valence-corrected chi connectivity index (χ1v) is 13.9. The molecule has 1 amide bonds. The average molecular weight is 541 g/mol. The van der Waals surface area contributed by atoms with Gasteiger partial charge in [-0.2, -0.15) is 0 Å². The molecule has 1 aromatic heterocycles. The van der Waals surface area contributed by atoms with Gasteiger partial charge in [0.25, 0.3) is 5.91 Å². The lowest BCUT2D eigenvalue weighted by molar-refractivity contribution is -0.128. The fourth-order valence-corrected chi connectivity index (χ4v) is 4.53. The second-order valence-corrected chi connectivity index (χ2v) is 9.86. The molecule has 210 valence electrons. The van der Waals surface area contributed by atoms with E-state index in [1.807, 2.05) is 85.6 Å². The topological polar surface area (TPSA) is 82.6 Å². The molecule has 1 fully saturated rings. The largest absolute Gasteiger partial charge is 0.487 e. The summed E-state index contributed by atoms with van der Waals surface area (Å²) in [5, 5.41) is 7.69. The van der Waals surface area contributed by atoms with Crippen LogP contribution in [0.15, 0.2) is 91.1 Å². The van der Waals surface area contributed by atoms with E-state index in [9.17, 15) is 4.79 Å². The minimum Gasteiger partial charge on any atom is -0.487 e. The van der Waals surface area contributed by atoms with E-state index in [2.05, 4.69) is 28.2 Å². The molecule has 8 heteroatoms. The average Bonchev–Trinajstić information content (AvgIpc) is 2.98. The van der Waals surface area contributed by atoms with Crippen LogP contribution in [0.3, 0.4) is 0 Å². The van der Waals surface area contributed by atoms with Crippen molar-refractivity contribution in [3.05, 3.63) is 96.9 Å². The number of amides is 1. The number of anilines is 1. The van der Waals surface area contributed by atoms with Gasteiger partial charge in [0.1, 0.15) is 23.5 Å². The molecule has 2 N–H and O–H groups in total. The number of hydrogen-bond acceptors (Lipinski definition) is 7. The maximum Gasteiger partial charge on any atom is 0.253 e. The predicted molar refractivity (Wildman–Crippen MR) is 162 cm³/mol. The second-order valence-electron chi connectivity index (χ2n) is 9.86. The van der Waals surface area contributed by atoms with Crippen molar-refractivity contribution in [1.82, 2.24) is 25.1 Å². The van der Waals surface area contributed by atoms with Crippen LogP contribution in [0.25, 0.3) is 10.9 Å². The summed E-state index contributed by atoms with van der Waals surface area (Å²) in [7, 11) is 1.96. The zero-order chi connectivity index (χ0) is 28.2. The van der Waals surface area contributed by atoms with Gasteiger partial charge in [-0.1, -0.05) is 55.1 Å². The molecular formula is C32H40N6O2. The van der Waals surface area contributed by atoms with Gasteiger partial charge in [-0.05, 0) is 57.3 Å². The van der Waals surface area contributed by atoms with Crippen LogP contribution in [0, 0.1) is 0 Å². The van der Waals surface area contributed by atoms with Crippen LogP contribution >= 0.6 is 0 Å². The van der Waals surface area contributed by atoms with Gasteiger partial charge in [0, 0.05) is 43.7 Å². The highest BCUT2D eigenvalue weighted by Gasteiger charge is 2.23. The van der Waals surface area contributed by atoms with Crippen LogP contribution in [0.5, 0.6) is 5.75 Å². The number of nitrogens with zero attached hydrogens (tertiary/aromatic N) is 4. The number of ether oxygens (including phenoxy) is 1. The Hall–Kier alpha value is -4.01. The molecule has 40 heavy (non-hydrogen) atoms. The molecule has 2 heterocycles. The molecule has 2 aromatic carbocycles. The zero-order valence-electron chi connectivity index (χ0n) is 23.6. The van der Waals surface area contributed by atoms with Crippen LogP contribution in [0.1, 0.15) is 19.2 Å². The second kappa shape index (κ2) is 15.0. The van der Waals surface area contributed by atoms with Crippen LogP contribution in [-0.4, -0.2) is 78.1 Å². The van der Waals surface area contributed by atoms with E-state index < -0.39 is 0 Å². The Kier molecular flexibility index (Phi) is 10.8. The number of nitrogens with one attached hydrogen (secondary N) is 2. The number of carbonyl (C=O) groups excluding carboxylic acids is 1. The van der Waals surface area contributed by atoms with Gasteiger partial charge in [-0.15, -0.1) is 0 Å². The smallest absolute Gasteiger partial charge is 0.253 e. The summed E-state index contributed by atoms with van der Waals surface area (Å²) in [6, 6.07) is 17.8. The first-order valence-electron chi connectivity index (χ1n) is 13.9. The van der Waals surface area contributed by atoms with Crippen LogP contribution in [0.2, 0.25) is 0 Å². The fourth-order valence-electron chi connectivity index (χ4n) is 4.53. The number of hydrogen-bond donors (Lipinski definition) is 2. The Labute approximate surface area is 237 Å².